The second kappa shape index (κ2) is 4.80. The van der Waals surface area contributed by atoms with Crippen molar-refractivity contribution in [1.29, 1.82) is 0 Å². The van der Waals surface area contributed by atoms with Gasteiger partial charge in [0, 0.05) is 19.1 Å². The maximum Gasteiger partial charge on any atom is 0.490 e. The fourth-order valence-electron chi connectivity index (χ4n) is 1.24. The summed E-state index contributed by atoms with van der Waals surface area (Å²) in [7, 11) is 0. The summed E-state index contributed by atoms with van der Waals surface area (Å²) in [4.78, 5) is 11.4. The molecule has 0 radical (unpaired) electrons. The molecule has 0 aromatic heterocycles. The number of carbonyl (C=O) groups is 1. The van der Waals surface area contributed by atoms with Gasteiger partial charge < -0.3 is 10.4 Å². The van der Waals surface area contributed by atoms with Gasteiger partial charge in [0.2, 0.25) is 0 Å². The first-order valence-electron chi connectivity index (χ1n) is 4.66. The number of hydrogen-bond donors (Lipinski definition) is 2. The first kappa shape index (κ1) is 12.3. The van der Waals surface area contributed by atoms with Crippen LogP contribution in [0.15, 0.2) is 0 Å². The van der Waals surface area contributed by atoms with E-state index in [0.717, 1.165) is 6.04 Å². The summed E-state index contributed by atoms with van der Waals surface area (Å²) in [5.74, 6) is -2.76. The highest BCUT2D eigenvalue weighted by Gasteiger charge is 2.38. The maximum atomic E-state index is 10.6. The molecular weight excluding hydrogens is 213 g/mol. The number of alkyl halides is 3. The number of aliphatic carboxylic acids is 1. The third kappa shape index (κ3) is 3.67. The van der Waals surface area contributed by atoms with E-state index in [2.05, 4.69) is 10.2 Å². The molecule has 2 heterocycles. The molecule has 0 unspecified atom stereocenters. The van der Waals surface area contributed by atoms with E-state index in [-0.39, 0.29) is 0 Å². The van der Waals surface area contributed by atoms with Crippen LogP contribution in [0.3, 0.4) is 0 Å². The van der Waals surface area contributed by atoms with E-state index in [9.17, 15) is 13.2 Å². The van der Waals surface area contributed by atoms with Gasteiger partial charge in [0.25, 0.3) is 0 Å². The van der Waals surface area contributed by atoms with E-state index in [0.29, 0.717) is 0 Å². The van der Waals surface area contributed by atoms with Crippen LogP contribution in [-0.2, 0) is 4.79 Å². The highest BCUT2D eigenvalue weighted by Crippen LogP contribution is 2.13. The molecule has 2 rings (SSSR count). The van der Waals surface area contributed by atoms with E-state index in [1.54, 1.807) is 0 Å². The van der Waals surface area contributed by atoms with Crippen molar-refractivity contribution in [3.63, 3.8) is 0 Å². The van der Waals surface area contributed by atoms with Crippen LogP contribution in [0.5, 0.6) is 0 Å². The van der Waals surface area contributed by atoms with Crippen molar-refractivity contribution in [3.8, 4) is 0 Å². The molecule has 2 aliphatic heterocycles. The van der Waals surface area contributed by atoms with Gasteiger partial charge in [-0.25, -0.2) is 4.79 Å². The Morgan fingerprint density at radius 3 is 1.87 bits per heavy atom. The van der Waals surface area contributed by atoms with Crippen LogP contribution >= 0.6 is 0 Å². The van der Waals surface area contributed by atoms with Crippen LogP contribution in [0.2, 0.25) is 0 Å². The van der Waals surface area contributed by atoms with Crippen molar-refractivity contribution in [2.24, 2.45) is 0 Å². The predicted molar refractivity (Wildman–Crippen MR) is 46.5 cm³/mol. The number of nitrogens with one attached hydrogen (secondary N) is 1. The monoisotopic (exact) mass is 226 g/mol. The van der Waals surface area contributed by atoms with Crippen molar-refractivity contribution >= 4 is 5.97 Å². The maximum absolute atomic E-state index is 10.6. The van der Waals surface area contributed by atoms with Gasteiger partial charge in [-0.2, -0.15) is 13.2 Å². The van der Waals surface area contributed by atoms with Gasteiger partial charge in [0.05, 0.1) is 0 Å². The van der Waals surface area contributed by atoms with Crippen LogP contribution in [0.25, 0.3) is 0 Å². The molecule has 2 fully saturated rings. The topological polar surface area (TPSA) is 52.6 Å². The van der Waals surface area contributed by atoms with Crippen LogP contribution in [-0.4, -0.2) is 54.4 Å². The lowest BCUT2D eigenvalue weighted by atomic mass is 10.1. The SMILES string of the molecule is C1CN(C2CNC2)C1.O=C(O)C(F)(F)F. The Hall–Kier alpha value is -0.820. The van der Waals surface area contributed by atoms with Gasteiger partial charge in [-0.15, -0.1) is 0 Å². The molecule has 0 aromatic carbocycles. The molecule has 0 spiro atoms. The molecule has 2 saturated heterocycles. The zero-order chi connectivity index (χ0) is 11.5. The lowest BCUT2D eigenvalue weighted by molar-refractivity contribution is -0.192. The third-order valence-corrected chi connectivity index (χ3v) is 2.41. The molecule has 2 N–H and O–H groups in total. The zero-order valence-corrected chi connectivity index (χ0v) is 8.05. The Bertz CT molecular complexity index is 212. The van der Waals surface area contributed by atoms with E-state index < -0.39 is 12.1 Å². The second-order valence-electron chi connectivity index (χ2n) is 3.50. The average Bonchev–Trinajstić information content (AvgIpc) is 1.92. The molecule has 0 aromatic rings. The molecule has 0 atom stereocenters. The Labute approximate surface area is 85.1 Å². The van der Waals surface area contributed by atoms with Crippen molar-refractivity contribution in [1.82, 2.24) is 10.2 Å². The minimum atomic E-state index is -5.08. The quantitative estimate of drug-likeness (QED) is 0.675. The number of halogens is 3. The van der Waals surface area contributed by atoms with E-state index >= 15 is 0 Å². The highest BCUT2D eigenvalue weighted by molar-refractivity contribution is 5.73. The highest BCUT2D eigenvalue weighted by atomic mass is 19.4. The summed E-state index contributed by atoms with van der Waals surface area (Å²) in [5.41, 5.74) is 0. The van der Waals surface area contributed by atoms with Crippen molar-refractivity contribution < 1.29 is 23.1 Å². The molecule has 0 bridgehead atoms. The molecular formula is C8H13F3N2O2. The molecule has 0 amide bonds. The molecule has 2 aliphatic rings. The Balaban J connectivity index is 0.000000153. The molecule has 88 valence electrons. The second-order valence-corrected chi connectivity index (χ2v) is 3.50. The van der Waals surface area contributed by atoms with Gasteiger partial charge in [-0.05, 0) is 19.5 Å². The summed E-state index contributed by atoms with van der Waals surface area (Å²) < 4.78 is 31.7. The molecule has 15 heavy (non-hydrogen) atoms. The summed E-state index contributed by atoms with van der Waals surface area (Å²) in [6.45, 7) is 5.18. The van der Waals surface area contributed by atoms with Gasteiger partial charge in [-0.3, -0.25) is 4.90 Å². The van der Waals surface area contributed by atoms with Gasteiger partial charge >= 0.3 is 12.1 Å². The summed E-state index contributed by atoms with van der Waals surface area (Å²) in [6.07, 6.45) is -3.66. The molecule has 7 heteroatoms. The van der Waals surface area contributed by atoms with Crippen LogP contribution in [0, 0.1) is 0 Å². The number of carboxylic acid groups (broad SMARTS) is 1. The normalized spacial score (nSPS) is 22.1. The average molecular weight is 226 g/mol. The number of carboxylic acids is 1. The van der Waals surface area contributed by atoms with Crippen molar-refractivity contribution in [2.75, 3.05) is 26.2 Å². The molecule has 0 saturated carbocycles. The number of nitrogens with zero attached hydrogens (tertiary/aromatic N) is 1. The number of hydrogen-bond acceptors (Lipinski definition) is 3. The smallest absolute Gasteiger partial charge is 0.475 e. The van der Waals surface area contributed by atoms with Crippen LogP contribution in [0.1, 0.15) is 6.42 Å². The Kier molecular flexibility index (Phi) is 3.92. The van der Waals surface area contributed by atoms with Crippen LogP contribution in [0.4, 0.5) is 13.2 Å². The molecule has 0 aliphatic carbocycles. The zero-order valence-electron chi connectivity index (χ0n) is 8.05. The predicted octanol–water partition coefficient (Wildman–Crippen LogP) is 0.297. The fraction of sp³-hybridized carbons (Fsp3) is 0.875. The van der Waals surface area contributed by atoms with Gasteiger partial charge in [-0.1, -0.05) is 0 Å². The largest absolute Gasteiger partial charge is 0.490 e. The lowest BCUT2D eigenvalue weighted by Gasteiger charge is -2.43. The van der Waals surface area contributed by atoms with Crippen molar-refractivity contribution in [3.05, 3.63) is 0 Å². The third-order valence-electron chi connectivity index (χ3n) is 2.41. The Morgan fingerprint density at radius 1 is 1.33 bits per heavy atom. The van der Waals surface area contributed by atoms with E-state index in [1.165, 1.54) is 32.6 Å². The first-order chi connectivity index (χ1) is 6.91. The van der Waals surface area contributed by atoms with E-state index in [4.69, 9.17) is 9.90 Å². The van der Waals surface area contributed by atoms with E-state index in [1.807, 2.05) is 0 Å². The van der Waals surface area contributed by atoms with Gasteiger partial charge in [0.1, 0.15) is 0 Å². The minimum Gasteiger partial charge on any atom is -0.475 e. The summed E-state index contributed by atoms with van der Waals surface area (Å²) >= 11 is 0. The summed E-state index contributed by atoms with van der Waals surface area (Å²) in [6, 6.07) is 0.906. The van der Waals surface area contributed by atoms with Crippen LogP contribution < -0.4 is 5.32 Å². The Morgan fingerprint density at radius 2 is 1.80 bits per heavy atom. The molecule has 4 nitrogen and oxygen atoms in total. The standard InChI is InChI=1S/C6H12N2.C2HF3O2/c1-2-8(3-1)6-4-7-5-6;3-2(4,5)1(6)7/h6-7H,1-5H2;(H,6,7). The lowest BCUT2D eigenvalue weighted by Crippen LogP contribution is -2.60. The van der Waals surface area contributed by atoms with Gasteiger partial charge in [0.15, 0.2) is 0 Å². The summed E-state index contributed by atoms with van der Waals surface area (Å²) in [5, 5.41) is 10.4. The van der Waals surface area contributed by atoms with Crippen molar-refractivity contribution in [2.45, 2.75) is 18.6 Å². The number of rotatable bonds is 1. The fourth-order valence-corrected chi connectivity index (χ4v) is 1.24. The number of likely N-dealkylation sites (tertiary alicyclic amines) is 1. The first-order valence-corrected chi connectivity index (χ1v) is 4.66. The minimum absolute atomic E-state index is 0.906.